The van der Waals surface area contributed by atoms with Gasteiger partial charge in [0.25, 0.3) is 0 Å². The van der Waals surface area contributed by atoms with Gasteiger partial charge in [0.1, 0.15) is 6.61 Å². The van der Waals surface area contributed by atoms with Gasteiger partial charge in [-0.15, -0.1) is 0 Å². The molecule has 1 aliphatic heterocycles. The number of aromatic nitrogens is 1. The van der Waals surface area contributed by atoms with E-state index in [2.05, 4.69) is 10.3 Å². The molecule has 0 radical (unpaired) electrons. The standard InChI is InChI=1S/C23H29BN2O5/c1-22(2)23(3,4)31-24(30-22)19(13-20-12-18(15-27)10-11-25-20)14-26-21(28)29-16-17-8-6-5-7-9-17/h5-13,27H,14-16H2,1-4H3,(H,26,28). The number of pyridine rings is 1. The van der Waals surface area contributed by atoms with Crippen LogP contribution in [0.3, 0.4) is 0 Å². The Morgan fingerprint density at radius 3 is 2.45 bits per heavy atom. The lowest BCUT2D eigenvalue weighted by Crippen LogP contribution is -2.41. The van der Waals surface area contributed by atoms with Crippen molar-refractivity contribution in [2.75, 3.05) is 6.54 Å². The molecule has 0 bridgehead atoms. The van der Waals surface area contributed by atoms with E-state index in [4.69, 9.17) is 14.0 Å². The Balaban J connectivity index is 1.73. The zero-order valence-corrected chi connectivity index (χ0v) is 18.4. The van der Waals surface area contributed by atoms with E-state index < -0.39 is 24.4 Å². The first kappa shape index (κ1) is 23.0. The summed E-state index contributed by atoms with van der Waals surface area (Å²) >= 11 is 0. The zero-order chi connectivity index (χ0) is 22.5. The number of carbonyl (C=O) groups is 1. The highest BCUT2D eigenvalue weighted by atomic mass is 16.7. The lowest BCUT2D eigenvalue weighted by atomic mass is 9.77. The first-order chi connectivity index (χ1) is 14.7. The Morgan fingerprint density at radius 1 is 1.13 bits per heavy atom. The third kappa shape index (κ3) is 5.94. The number of aliphatic hydroxyl groups is 1. The number of benzene rings is 1. The number of hydrogen-bond acceptors (Lipinski definition) is 6. The van der Waals surface area contributed by atoms with Crippen LogP contribution in [0.15, 0.2) is 54.1 Å². The van der Waals surface area contributed by atoms with Gasteiger partial charge in [0.05, 0.1) is 23.5 Å². The number of ether oxygens (including phenoxy) is 1. The third-order valence-electron chi connectivity index (χ3n) is 5.57. The molecule has 31 heavy (non-hydrogen) atoms. The van der Waals surface area contributed by atoms with Crippen molar-refractivity contribution in [2.45, 2.75) is 52.1 Å². The number of amides is 1. The molecule has 0 aliphatic carbocycles. The first-order valence-corrected chi connectivity index (χ1v) is 10.3. The molecule has 8 heteroatoms. The van der Waals surface area contributed by atoms with Crippen molar-refractivity contribution in [2.24, 2.45) is 0 Å². The molecule has 7 nitrogen and oxygen atoms in total. The predicted molar refractivity (Wildman–Crippen MR) is 119 cm³/mol. The Hall–Kier alpha value is -2.68. The Bertz CT molecular complexity index is 915. The highest BCUT2D eigenvalue weighted by Gasteiger charge is 2.52. The van der Waals surface area contributed by atoms with E-state index in [-0.39, 0.29) is 19.8 Å². The summed E-state index contributed by atoms with van der Waals surface area (Å²) in [6.07, 6.45) is 2.89. The van der Waals surface area contributed by atoms with E-state index in [0.29, 0.717) is 11.2 Å². The summed E-state index contributed by atoms with van der Waals surface area (Å²) in [7, 11) is -0.654. The van der Waals surface area contributed by atoms with Gasteiger partial charge in [0.15, 0.2) is 0 Å². The normalized spacial score (nSPS) is 17.5. The van der Waals surface area contributed by atoms with E-state index in [0.717, 1.165) is 11.1 Å². The highest BCUT2D eigenvalue weighted by molar-refractivity contribution is 6.56. The molecule has 1 aliphatic rings. The van der Waals surface area contributed by atoms with E-state index in [1.54, 1.807) is 24.4 Å². The number of nitrogens with zero attached hydrogens (tertiary/aromatic N) is 1. The van der Waals surface area contributed by atoms with Crippen LogP contribution in [0, 0.1) is 0 Å². The smallest absolute Gasteiger partial charge is 0.445 e. The molecular formula is C23H29BN2O5. The molecule has 164 valence electrons. The van der Waals surface area contributed by atoms with Crippen LogP contribution in [0.4, 0.5) is 4.79 Å². The summed E-state index contributed by atoms with van der Waals surface area (Å²) in [5.41, 5.74) is 1.93. The summed E-state index contributed by atoms with van der Waals surface area (Å²) in [5, 5.41) is 12.2. The molecule has 0 unspecified atom stereocenters. The van der Waals surface area contributed by atoms with Crippen LogP contribution in [0.5, 0.6) is 0 Å². The minimum atomic E-state index is -0.654. The van der Waals surface area contributed by atoms with Crippen LogP contribution in [-0.4, -0.2) is 41.0 Å². The van der Waals surface area contributed by atoms with Crippen molar-refractivity contribution >= 4 is 19.3 Å². The van der Waals surface area contributed by atoms with E-state index in [9.17, 15) is 9.90 Å². The fourth-order valence-electron chi connectivity index (χ4n) is 3.01. The van der Waals surface area contributed by atoms with E-state index in [1.807, 2.05) is 58.0 Å². The second kappa shape index (κ2) is 9.64. The molecule has 0 atom stereocenters. The molecule has 3 rings (SSSR count). The summed E-state index contributed by atoms with van der Waals surface area (Å²) in [5.74, 6) is 0. The average Bonchev–Trinajstić information content (AvgIpc) is 2.97. The van der Waals surface area contributed by atoms with Crippen molar-refractivity contribution in [3.63, 3.8) is 0 Å². The maximum atomic E-state index is 12.3. The number of carbonyl (C=O) groups excluding carboxylic acids is 1. The van der Waals surface area contributed by atoms with Gasteiger partial charge in [0.2, 0.25) is 0 Å². The van der Waals surface area contributed by atoms with Crippen LogP contribution >= 0.6 is 0 Å². The number of nitrogens with one attached hydrogen (secondary N) is 1. The van der Waals surface area contributed by atoms with E-state index >= 15 is 0 Å². The van der Waals surface area contributed by atoms with Crippen LogP contribution in [0.25, 0.3) is 6.08 Å². The Morgan fingerprint density at radius 2 is 1.81 bits per heavy atom. The molecule has 0 spiro atoms. The molecule has 1 aromatic heterocycles. The monoisotopic (exact) mass is 424 g/mol. The summed E-state index contributed by atoms with van der Waals surface area (Å²) in [6.45, 7) is 8.14. The van der Waals surface area contributed by atoms with Gasteiger partial charge in [0, 0.05) is 12.7 Å². The quantitative estimate of drug-likeness (QED) is 0.662. The minimum absolute atomic E-state index is 0.0841. The summed E-state index contributed by atoms with van der Waals surface area (Å²) in [4.78, 5) is 16.6. The third-order valence-corrected chi connectivity index (χ3v) is 5.57. The van der Waals surface area contributed by atoms with Crippen molar-refractivity contribution < 1.29 is 23.9 Å². The second-order valence-electron chi connectivity index (χ2n) is 8.47. The average molecular weight is 424 g/mol. The fourth-order valence-corrected chi connectivity index (χ4v) is 3.01. The zero-order valence-electron chi connectivity index (χ0n) is 18.4. The van der Waals surface area contributed by atoms with Crippen LogP contribution in [0.2, 0.25) is 0 Å². The second-order valence-corrected chi connectivity index (χ2v) is 8.47. The van der Waals surface area contributed by atoms with Crippen LogP contribution in [-0.2, 0) is 27.3 Å². The summed E-state index contributed by atoms with van der Waals surface area (Å²) < 4.78 is 17.6. The number of rotatable bonds is 7. The van der Waals surface area contributed by atoms with Gasteiger partial charge in [-0.1, -0.05) is 30.3 Å². The predicted octanol–water partition coefficient (Wildman–Crippen LogP) is 3.52. The lowest BCUT2D eigenvalue weighted by molar-refractivity contribution is 0.00578. The number of aliphatic hydroxyl groups excluding tert-OH is 1. The van der Waals surface area contributed by atoms with Crippen molar-refractivity contribution in [3.05, 3.63) is 71.0 Å². The van der Waals surface area contributed by atoms with Gasteiger partial charge in [-0.25, -0.2) is 4.79 Å². The highest BCUT2D eigenvalue weighted by Crippen LogP contribution is 2.38. The van der Waals surface area contributed by atoms with Gasteiger partial charge in [-0.3, -0.25) is 4.98 Å². The van der Waals surface area contributed by atoms with Gasteiger partial charge in [-0.2, -0.15) is 0 Å². The molecule has 1 saturated heterocycles. The molecule has 1 fully saturated rings. The molecule has 2 N–H and O–H groups in total. The molecule has 1 aromatic carbocycles. The minimum Gasteiger partial charge on any atom is -0.445 e. The van der Waals surface area contributed by atoms with Crippen molar-refractivity contribution in [3.8, 4) is 0 Å². The van der Waals surface area contributed by atoms with Gasteiger partial charge < -0.3 is 24.5 Å². The Kier molecular flexibility index (Phi) is 7.15. The van der Waals surface area contributed by atoms with E-state index in [1.165, 1.54) is 0 Å². The largest absolute Gasteiger partial charge is 0.492 e. The van der Waals surface area contributed by atoms with Crippen molar-refractivity contribution in [1.82, 2.24) is 10.3 Å². The molecule has 0 saturated carbocycles. The maximum Gasteiger partial charge on any atom is 0.492 e. The topological polar surface area (TPSA) is 89.9 Å². The fraction of sp³-hybridized carbons (Fsp3) is 0.391. The molecule has 2 aromatic rings. The van der Waals surface area contributed by atoms with Crippen LogP contribution in [0.1, 0.15) is 44.5 Å². The lowest BCUT2D eigenvalue weighted by Gasteiger charge is -2.32. The Labute approximate surface area is 183 Å². The SMILES string of the molecule is CC1(C)OB(C(=Cc2cc(CO)ccn2)CNC(=O)OCc2ccccc2)OC1(C)C. The number of hydrogen-bond donors (Lipinski definition) is 2. The van der Waals surface area contributed by atoms with Crippen LogP contribution < -0.4 is 5.32 Å². The molecule has 1 amide bonds. The maximum absolute atomic E-state index is 12.3. The van der Waals surface area contributed by atoms with Crippen molar-refractivity contribution in [1.29, 1.82) is 0 Å². The molecular weight excluding hydrogens is 395 g/mol. The first-order valence-electron chi connectivity index (χ1n) is 10.3. The van der Waals surface area contributed by atoms with Gasteiger partial charge >= 0.3 is 13.2 Å². The van der Waals surface area contributed by atoms with Gasteiger partial charge in [-0.05, 0) is 62.5 Å². The molecule has 2 heterocycles. The summed E-state index contributed by atoms with van der Waals surface area (Å²) in [6, 6.07) is 13.0. The number of alkyl carbamates (subject to hydrolysis) is 1.